The summed E-state index contributed by atoms with van der Waals surface area (Å²) in [4.78, 5) is 10.3. The monoisotopic (exact) mass is 187 g/mol. The third-order valence-electron chi connectivity index (χ3n) is 1.88. The normalized spacial score (nSPS) is 14.4. The minimum Gasteiger partial charge on any atom is -0.347 e. The van der Waals surface area contributed by atoms with Crippen LogP contribution in [-0.4, -0.2) is 29.9 Å². The molecule has 1 aliphatic rings. The van der Waals surface area contributed by atoms with Crippen LogP contribution in [0.5, 0.6) is 0 Å². The molecule has 1 aromatic rings. The van der Waals surface area contributed by atoms with E-state index < -0.39 is 0 Å². The van der Waals surface area contributed by atoms with Gasteiger partial charge in [-0.3, -0.25) is 4.98 Å². The van der Waals surface area contributed by atoms with E-state index in [2.05, 4.69) is 15.3 Å². The molecule has 0 saturated carbocycles. The number of guanidine groups is 1. The lowest BCUT2D eigenvalue weighted by molar-refractivity contribution is 0.604. The van der Waals surface area contributed by atoms with E-state index >= 15 is 0 Å². The van der Waals surface area contributed by atoms with Gasteiger partial charge in [0.15, 0.2) is 0 Å². The van der Waals surface area contributed by atoms with E-state index in [1.54, 1.807) is 18.6 Å². The van der Waals surface area contributed by atoms with Crippen LogP contribution in [0.1, 0.15) is 5.56 Å². The fraction of sp³-hybridized carbons (Fsp3) is 0.200. The minimum absolute atomic E-state index is 0.726. The van der Waals surface area contributed by atoms with E-state index in [0.29, 0.717) is 0 Å². The summed E-state index contributed by atoms with van der Waals surface area (Å²) >= 11 is 0. The van der Waals surface area contributed by atoms with Gasteiger partial charge in [0, 0.05) is 32.1 Å². The fourth-order valence-electron chi connectivity index (χ4n) is 1.15. The van der Waals surface area contributed by atoms with Gasteiger partial charge in [0.25, 0.3) is 0 Å². The first-order valence-corrected chi connectivity index (χ1v) is 4.35. The lowest BCUT2D eigenvalue weighted by atomic mass is 10.2. The predicted octanol–water partition coefficient (Wildman–Crippen LogP) is 0.916. The van der Waals surface area contributed by atoms with Crippen molar-refractivity contribution < 1.29 is 0 Å². The summed E-state index contributed by atoms with van der Waals surface area (Å²) < 4.78 is 0. The van der Waals surface area contributed by atoms with Gasteiger partial charge in [0.2, 0.25) is 5.96 Å². The van der Waals surface area contributed by atoms with Crippen molar-refractivity contribution in [3.63, 3.8) is 0 Å². The van der Waals surface area contributed by atoms with Crippen LogP contribution >= 0.6 is 0 Å². The molecule has 0 fully saturated rings. The average Bonchev–Trinajstić information content (AvgIpc) is 2.68. The third-order valence-corrected chi connectivity index (χ3v) is 1.88. The Hall–Kier alpha value is -1.84. The molecule has 14 heavy (non-hydrogen) atoms. The number of hydrogen-bond donors (Lipinski definition) is 0. The lowest BCUT2D eigenvalue weighted by Crippen LogP contribution is -2.26. The molecule has 0 N–H and O–H groups in total. The first-order valence-electron chi connectivity index (χ1n) is 4.35. The highest BCUT2D eigenvalue weighted by atomic mass is 15.3. The summed E-state index contributed by atoms with van der Waals surface area (Å²) in [5.74, 6) is 0.726. The van der Waals surface area contributed by atoms with Crippen molar-refractivity contribution in [2.45, 2.75) is 0 Å². The highest BCUT2D eigenvalue weighted by Crippen LogP contribution is 2.17. The van der Waals surface area contributed by atoms with Gasteiger partial charge >= 0.3 is 0 Å². The molecule has 4 heteroatoms. The lowest BCUT2D eigenvalue weighted by Gasteiger charge is -2.08. The second-order valence-electron chi connectivity index (χ2n) is 3.19. The molecule has 0 bridgehead atoms. The summed E-state index contributed by atoms with van der Waals surface area (Å²) in [6, 6.07) is 3.86. The standard InChI is InChI=1S/C10H11N4/c1-14(2)10-12-7-9(13-10)8-4-3-5-11-6-8/h3-7H,1-2H3. The summed E-state index contributed by atoms with van der Waals surface area (Å²) in [6.07, 6.45) is 5.28. The zero-order valence-corrected chi connectivity index (χ0v) is 8.18. The zero-order chi connectivity index (χ0) is 9.97. The summed E-state index contributed by atoms with van der Waals surface area (Å²) in [5.41, 5.74) is 1.86. The van der Waals surface area contributed by atoms with E-state index in [-0.39, 0.29) is 0 Å². The van der Waals surface area contributed by atoms with Gasteiger partial charge in [-0.25, -0.2) is 10.3 Å². The molecule has 4 nitrogen and oxygen atoms in total. The number of aromatic nitrogens is 1. The molecule has 0 atom stereocenters. The smallest absolute Gasteiger partial charge is 0.225 e. The number of hydrogen-bond acceptors (Lipinski definition) is 3. The summed E-state index contributed by atoms with van der Waals surface area (Å²) in [7, 11) is 3.84. The van der Waals surface area contributed by atoms with Crippen LogP contribution in [-0.2, 0) is 0 Å². The van der Waals surface area contributed by atoms with Crippen molar-refractivity contribution in [2.24, 2.45) is 4.99 Å². The summed E-state index contributed by atoms with van der Waals surface area (Å²) in [6.45, 7) is 0. The van der Waals surface area contributed by atoms with Crippen LogP contribution in [0.15, 0.2) is 35.7 Å². The van der Waals surface area contributed by atoms with Crippen LogP contribution in [0.2, 0.25) is 0 Å². The Morgan fingerprint density at radius 3 is 2.71 bits per heavy atom. The Morgan fingerprint density at radius 2 is 2.14 bits per heavy atom. The molecule has 0 saturated heterocycles. The fourth-order valence-corrected chi connectivity index (χ4v) is 1.15. The van der Waals surface area contributed by atoms with Crippen molar-refractivity contribution in [2.75, 3.05) is 14.1 Å². The molecular weight excluding hydrogens is 176 g/mol. The van der Waals surface area contributed by atoms with Crippen molar-refractivity contribution >= 4 is 11.7 Å². The molecule has 1 aliphatic heterocycles. The second kappa shape index (κ2) is 3.49. The van der Waals surface area contributed by atoms with Crippen molar-refractivity contribution in [3.8, 4) is 0 Å². The van der Waals surface area contributed by atoms with Crippen LogP contribution in [0.25, 0.3) is 5.70 Å². The number of aliphatic imine (C=N–C) groups is 1. The van der Waals surface area contributed by atoms with E-state index in [4.69, 9.17) is 0 Å². The maximum Gasteiger partial charge on any atom is 0.225 e. The summed E-state index contributed by atoms with van der Waals surface area (Å²) in [5, 5.41) is 4.18. The van der Waals surface area contributed by atoms with E-state index in [0.717, 1.165) is 17.2 Å². The molecular formula is C10H11N4. The van der Waals surface area contributed by atoms with Crippen LogP contribution in [0.4, 0.5) is 0 Å². The zero-order valence-electron chi connectivity index (χ0n) is 8.18. The van der Waals surface area contributed by atoms with Gasteiger partial charge in [-0.05, 0) is 12.1 Å². The van der Waals surface area contributed by atoms with Gasteiger partial charge < -0.3 is 4.90 Å². The van der Waals surface area contributed by atoms with Gasteiger partial charge in [0.1, 0.15) is 0 Å². The predicted molar refractivity (Wildman–Crippen MR) is 55.5 cm³/mol. The van der Waals surface area contributed by atoms with E-state index in [1.165, 1.54) is 0 Å². The molecule has 2 heterocycles. The first kappa shape index (κ1) is 8.74. The molecule has 2 rings (SSSR count). The van der Waals surface area contributed by atoms with Crippen LogP contribution < -0.4 is 5.32 Å². The molecule has 0 amide bonds. The number of rotatable bonds is 1. The second-order valence-corrected chi connectivity index (χ2v) is 3.19. The first-order chi connectivity index (χ1) is 6.77. The Morgan fingerprint density at radius 1 is 1.29 bits per heavy atom. The van der Waals surface area contributed by atoms with Gasteiger partial charge in [-0.15, -0.1) is 0 Å². The maximum atomic E-state index is 4.35. The van der Waals surface area contributed by atoms with Gasteiger partial charge in [-0.2, -0.15) is 0 Å². The van der Waals surface area contributed by atoms with E-state index in [1.807, 2.05) is 31.1 Å². The highest BCUT2D eigenvalue weighted by Gasteiger charge is 2.12. The number of pyridine rings is 1. The van der Waals surface area contributed by atoms with Gasteiger partial charge in [0.05, 0.1) is 11.9 Å². The maximum absolute atomic E-state index is 4.35. The van der Waals surface area contributed by atoms with Crippen molar-refractivity contribution in [1.82, 2.24) is 15.2 Å². The van der Waals surface area contributed by atoms with Crippen molar-refractivity contribution in [3.05, 3.63) is 36.3 Å². The SMILES string of the molecule is CN(C)C1=NC(c2cccnc2)=C[N]1. The Bertz CT molecular complexity index is 378. The third kappa shape index (κ3) is 1.59. The largest absolute Gasteiger partial charge is 0.347 e. The van der Waals surface area contributed by atoms with Crippen LogP contribution in [0, 0.1) is 0 Å². The van der Waals surface area contributed by atoms with Crippen molar-refractivity contribution in [1.29, 1.82) is 0 Å². The molecule has 71 valence electrons. The highest BCUT2D eigenvalue weighted by molar-refractivity contribution is 5.91. The topological polar surface area (TPSA) is 42.6 Å². The Labute approximate surface area is 83.0 Å². The molecule has 0 aliphatic carbocycles. The van der Waals surface area contributed by atoms with Gasteiger partial charge in [-0.1, -0.05) is 0 Å². The molecule has 0 aromatic carbocycles. The Balaban J connectivity index is 2.23. The van der Waals surface area contributed by atoms with E-state index in [9.17, 15) is 0 Å². The van der Waals surface area contributed by atoms with Crippen LogP contribution in [0.3, 0.4) is 0 Å². The Kier molecular flexibility index (Phi) is 2.18. The molecule has 0 spiro atoms. The quantitative estimate of drug-likeness (QED) is 0.656. The molecule has 1 radical (unpaired) electrons. The molecule has 0 unspecified atom stereocenters. The molecule has 1 aromatic heterocycles. The minimum atomic E-state index is 0.726. The average molecular weight is 187 g/mol. The number of nitrogens with zero attached hydrogens (tertiary/aromatic N) is 4.